The van der Waals surface area contributed by atoms with Crippen LogP contribution in [-0.2, 0) is 16.2 Å². The molecule has 40 heavy (non-hydrogen) atoms. The summed E-state index contributed by atoms with van der Waals surface area (Å²) in [6, 6.07) is 24.7. The summed E-state index contributed by atoms with van der Waals surface area (Å²) in [5.41, 5.74) is 3.45. The highest BCUT2D eigenvalue weighted by Crippen LogP contribution is 2.43. The molecule has 0 saturated carbocycles. The molecule has 1 amide bonds. The van der Waals surface area contributed by atoms with E-state index in [2.05, 4.69) is 4.98 Å². The highest BCUT2D eigenvalue weighted by molar-refractivity contribution is 6.51. The second-order valence-electron chi connectivity index (χ2n) is 9.84. The second-order valence-corrected chi connectivity index (χ2v) is 9.84. The summed E-state index contributed by atoms with van der Waals surface area (Å²) in [7, 11) is 1.59. The van der Waals surface area contributed by atoms with Crippen LogP contribution in [0.5, 0.6) is 11.5 Å². The average molecular weight is 535 g/mol. The number of aliphatic hydroxyl groups excluding tert-OH is 1. The molecule has 1 fully saturated rings. The number of pyridine rings is 1. The van der Waals surface area contributed by atoms with Gasteiger partial charge in [-0.15, -0.1) is 0 Å². The van der Waals surface area contributed by atoms with Gasteiger partial charge in [0.2, 0.25) is 0 Å². The zero-order chi connectivity index (χ0) is 28.2. The van der Waals surface area contributed by atoms with Crippen LogP contribution in [0.4, 0.5) is 5.69 Å². The summed E-state index contributed by atoms with van der Waals surface area (Å²) >= 11 is 0. The molecule has 0 aliphatic carbocycles. The van der Waals surface area contributed by atoms with Crippen molar-refractivity contribution >= 4 is 23.1 Å². The average Bonchev–Trinajstić information content (AvgIpc) is 3.26. The monoisotopic (exact) mass is 534 g/mol. The Labute approximate surface area is 233 Å². The predicted octanol–water partition coefficient (Wildman–Crippen LogP) is 6.42. The first kappa shape index (κ1) is 26.7. The molecule has 0 radical (unpaired) electrons. The molecule has 1 aliphatic rings. The van der Waals surface area contributed by atoms with Gasteiger partial charge >= 0.3 is 0 Å². The van der Waals surface area contributed by atoms with Crippen molar-refractivity contribution in [2.75, 3.05) is 12.0 Å². The molecule has 7 heteroatoms. The number of aliphatic hydroxyl groups is 1. The van der Waals surface area contributed by atoms with Crippen molar-refractivity contribution in [2.45, 2.75) is 32.4 Å². The van der Waals surface area contributed by atoms with Crippen LogP contribution in [0.25, 0.3) is 5.76 Å². The van der Waals surface area contributed by atoms with Gasteiger partial charge < -0.3 is 14.6 Å². The molecule has 5 rings (SSSR count). The van der Waals surface area contributed by atoms with Crippen LogP contribution in [-0.4, -0.2) is 28.9 Å². The molecule has 2 heterocycles. The van der Waals surface area contributed by atoms with Gasteiger partial charge in [0.15, 0.2) is 0 Å². The molecule has 1 aromatic heterocycles. The first-order valence-electron chi connectivity index (χ1n) is 13.0. The molecule has 1 unspecified atom stereocenters. The maximum absolute atomic E-state index is 13.5. The summed E-state index contributed by atoms with van der Waals surface area (Å²) in [5, 5.41) is 11.5. The Balaban J connectivity index is 1.54. The number of amides is 1. The van der Waals surface area contributed by atoms with Crippen LogP contribution in [0, 0.1) is 0 Å². The molecule has 1 atom stereocenters. The number of benzene rings is 3. The van der Waals surface area contributed by atoms with Crippen molar-refractivity contribution in [2.24, 2.45) is 0 Å². The summed E-state index contributed by atoms with van der Waals surface area (Å²) in [4.78, 5) is 32.6. The van der Waals surface area contributed by atoms with Crippen LogP contribution in [0.2, 0.25) is 0 Å². The van der Waals surface area contributed by atoms with E-state index in [9.17, 15) is 14.7 Å². The molecule has 202 valence electrons. The van der Waals surface area contributed by atoms with Gasteiger partial charge in [-0.2, -0.15) is 0 Å². The minimum atomic E-state index is -0.866. The van der Waals surface area contributed by atoms with Crippen LogP contribution in [0.15, 0.2) is 103 Å². The van der Waals surface area contributed by atoms with Gasteiger partial charge in [0.25, 0.3) is 11.7 Å². The normalized spacial score (nSPS) is 16.4. The van der Waals surface area contributed by atoms with E-state index >= 15 is 0 Å². The molecule has 1 saturated heterocycles. The molecule has 7 nitrogen and oxygen atoms in total. The molecule has 1 aliphatic heterocycles. The molecule has 0 bridgehead atoms. The quantitative estimate of drug-likeness (QED) is 0.159. The van der Waals surface area contributed by atoms with Crippen molar-refractivity contribution < 1.29 is 24.2 Å². The number of methoxy groups -OCH3 is 1. The Morgan fingerprint density at radius 3 is 2.38 bits per heavy atom. The third kappa shape index (κ3) is 5.18. The van der Waals surface area contributed by atoms with Crippen molar-refractivity contribution in [3.63, 3.8) is 0 Å². The van der Waals surface area contributed by atoms with E-state index in [-0.39, 0.29) is 17.3 Å². The standard InChI is InChI=1S/C33H30N2O5/c1-21(2)27-18-23(11-16-28(27)39-3)31(36)29-30(24-10-7-17-34-19-24)35(33(38)32(29)37)25-12-14-26(15-13-25)40-20-22-8-5-4-6-9-22/h4-19,21,30,36H,20H2,1-3H3/b31-29-. The maximum Gasteiger partial charge on any atom is 0.300 e. The van der Waals surface area contributed by atoms with E-state index in [4.69, 9.17) is 9.47 Å². The minimum Gasteiger partial charge on any atom is -0.507 e. The number of anilines is 1. The van der Waals surface area contributed by atoms with Crippen LogP contribution in [0.1, 0.15) is 48.1 Å². The smallest absolute Gasteiger partial charge is 0.300 e. The lowest BCUT2D eigenvalue weighted by Crippen LogP contribution is -2.29. The largest absolute Gasteiger partial charge is 0.507 e. The zero-order valence-electron chi connectivity index (χ0n) is 22.6. The summed E-state index contributed by atoms with van der Waals surface area (Å²) in [6.45, 7) is 4.44. The second kappa shape index (κ2) is 11.5. The van der Waals surface area contributed by atoms with Crippen LogP contribution < -0.4 is 14.4 Å². The molecular formula is C33H30N2O5. The van der Waals surface area contributed by atoms with E-state index < -0.39 is 17.7 Å². The summed E-state index contributed by atoms with van der Waals surface area (Å²) < 4.78 is 11.4. The lowest BCUT2D eigenvalue weighted by Gasteiger charge is -2.25. The zero-order valence-corrected chi connectivity index (χ0v) is 22.6. The lowest BCUT2D eigenvalue weighted by atomic mass is 9.93. The number of Topliss-reactive ketones (excluding diaryl/α,β-unsaturated/α-hetero) is 1. The van der Waals surface area contributed by atoms with Gasteiger partial charge in [0, 0.05) is 23.6 Å². The van der Waals surface area contributed by atoms with Crippen molar-refractivity contribution in [1.82, 2.24) is 4.98 Å². The fraction of sp³-hybridized carbons (Fsp3) is 0.182. The third-order valence-corrected chi connectivity index (χ3v) is 6.93. The van der Waals surface area contributed by atoms with Crippen molar-refractivity contribution in [1.29, 1.82) is 0 Å². The summed E-state index contributed by atoms with van der Waals surface area (Å²) in [5.74, 6) is -0.320. The number of hydrogen-bond acceptors (Lipinski definition) is 6. The Bertz CT molecular complexity index is 1550. The SMILES string of the molecule is COc1ccc(/C(O)=C2/C(=O)C(=O)N(c3ccc(OCc4ccccc4)cc3)C2c2cccnc2)cc1C(C)C. The number of hydrogen-bond donors (Lipinski definition) is 1. The fourth-order valence-corrected chi connectivity index (χ4v) is 4.88. The topological polar surface area (TPSA) is 89.0 Å². The van der Waals surface area contributed by atoms with E-state index in [0.29, 0.717) is 34.9 Å². The summed E-state index contributed by atoms with van der Waals surface area (Å²) in [6.07, 6.45) is 3.22. The number of aromatic nitrogens is 1. The first-order valence-corrected chi connectivity index (χ1v) is 13.0. The Morgan fingerprint density at radius 1 is 0.975 bits per heavy atom. The maximum atomic E-state index is 13.5. The van der Waals surface area contributed by atoms with Gasteiger partial charge in [-0.3, -0.25) is 19.5 Å². The first-order chi connectivity index (χ1) is 19.4. The number of nitrogens with zero attached hydrogens (tertiary/aromatic N) is 2. The molecule has 1 N–H and O–H groups in total. The lowest BCUT2D eigenvalue weighted by molar-refractivity contribution is -0.132. The number of carbonyl (C=O) groups is 2. The van der Waals surface area contributed by atoms with E-state index in [1.54, 1.807) is 74.1 Å². The van der Waals surface area contributed by atoms with Crippen molar-refractivity contribution in [3.8, 4) is 11.5 Å². The number of ether oxygens (including phenoxy) is 2. The number of rotatable bonds is 8. The minimum absolute atomic E-state index is 0.00211. The van der Waals surface area contributed by atoms with Gasteiger partial charge in [0.05, 0.1) is 18.7 Å². The number of ketones is 1. The van der Waals surface area contributed by atoms with E-state index in [1.165, 1.54) is 4.90 Å². The molecule has 3 aromatic carbocycles. The highest BCUT2D eigenvalue weighted by Gasteiger charge is 2.47. The Hall–Kier alpha value is -4.91. The predicted molar refractivity (Wildman–Crippen MR) is 153 cm³/mol. The van der Waals surface area contributed by atoms with Gasteiger partial charge in [0.1, 0.15) is 23.9 Å². The highest BCUT2D eigenvalue weighted by atomic mass is 16.5. The van der Waals surface area contributed by atoms with E-state index in [0.717, 1.165) is 11.1 Å². The Morgan fingerprint density at radius 2 is 1.73 bits per heavy atom. The van der Waals surface area contributed by atoms with Gasteiger partial charge in [-0.1, -0.05) is 50.2 Å². The number of carbonyl (C=O) groups excluding carboxylic acids is 2. The van der Waals surface area contributed by atoms with E-state index in [1.807, 2.05) is 44.2 Å². The molecule has 0 spiro atoms. The van der Waals surface area contributed by atoms with Gasteiger partial charge in [-0.25, -0.2) is 0 Å². The molecular weight excluding hydrogens is 504 g/mol. The third-order valence-electron chi connectivity index (χ3n) is 6.93. The van der Waals surface area contributed by atoms with Crippen LogP contribution >= 0.6 is 0 Å². The fourth-order valence-electron chi connectivity index (χ4n) is 4.88. The Kier molecular flexibility index (Phi) is 7.64. The van der Waals surface area contributed by atoms with Gasteiger partial charge in [-0.05, 0) is 71.1 Å². The molecule has 4 aromatic rings. The van der Waals surface area contributed by atoms with Crippen LogP contribution in [0.3, 0.4) is 0 Å². The van der Waals surface area contributed by atoms with Crippen molar-refractivity contribution in [3.05, 3.63) is 125 Å².